The van der Waals surface area contributed by atoms with Gasteiger partial charge in [-0.3, -0.25) is 18.6 Å². The predicted molar refractivity (Wildman–Crippen MR) is 221 cm³/mol. The summed E-state index contributed by atoms with van der Waals surface area (Å²) in [6.07, 6.45) is 25.7. The van der Waals surface area contributed by atoms with Crippen molar-refractivity contribution in [3.8, 4) is 0 Å². The zero-order chi connectivity index (χ0) is 42.2. The van der Waals surface area contributed by atoms with E-state index in [9.17, 15) is 44.6 Å². The molecular formula is C43H73O13P. The quantitative estimate of drug-likeness (QED) is 0.0165. The highest BCUT2D eigenvalue weighted by molar-refractivity contribution is 7.47. The highest BCUT2D eigenvalue weighted by atomic mass is 31.2. The SMILES string of the molecule is CC/C=C/C/C=C/C/C=C/C/C=C/CCCCC(=O)OC[C@@H](COP(=O)(O)OC1C(O)C(O)C(O)[C@H](O)C1O)OC(=O)CCCCCCC/C=C/CCCCCC. The van der Waals surface area contributed by atoms with Crippen molar-refractivity contribution in [1.82, 2.24) is 0 Å². The molecule has 0 bridgehead atoms. The molecule has 0 spiro atoms. The van der Waals surface area contributed by atoms with Gasteiger partial charge in [-0.25, -0.2) is 4.57 Å². The first-order chi connectivity index (χ1) is 27.4. The van der Waals surface area contributed by atoms with Crippen LogP contribution in [0.5, 0.6) is 0 Å². The molecule has 0 radical (unpaired) electrons. The maximum atomic E-state index is 12.8. The smallest absolute Gasteiger partial charge is 0.462 e. The number of phosphoric ester groups is 1. The van der Waals surface area contributed by atoms with Gasteiger partial charge in [-0.15, -0.1) is 0 Å². The van der Waals surface area contributed by atoms with Crippen LogP contribution in [-0.2, 0) is 32.7 Å². The predicted octanol–water partition coefficient (Wildman–Crippen LogP) is 7.38. The van der Waals surface area contributed by atoms with Crippen molar-refractivity contribution < 1.29 is 63.1 Å². The number of ether oxygens (including phenoxy) is 2. The number of aliphatic hydroxyl groups excluding tert-OH is 5. The van der Waals surface area contributed by atoms with E-state index >= 15 is 0 Å². The monoisotopic (exact) mass is 828 g/mol. The van der Waals surface area contributed by atoms with E-state index in [-0.39, 0.29) is 12.8 Å². The fourth-order valence-electron chi connectivity index (χ4n) is 5.92. The molecule has 1 aliphatic rings. The van der Waals surface area contributed by atoms with E-state index in [2.05, 4.69) is 74.6 Å². The first-order valence-electron chi connectivity index (χ1n) is 21.1. The molecule has 0 aromatic rings. The number of unbranched alkanes of at least 4 members (excludes halogenated alkanes) is 11. The minimum atomic E-state index is -5.13. The van der Waals surface area contributed by atoms with Gasteiger partial charge < -0.3 is 39.9 Å². The fraction of sp³-hybridized carbons (Fsp3) is 0.721. The molecule has 6 N–H and O–H groups in total. The van der Waals surface area contributed by atoms with Crippen LogP contribution in [-0.4, -0.2) is 98.3 Å². The summed E-state index contributed by atoms with van der Waals surface area (Å²) in [6, 6.07) is 0. The van der Waals surface area contributed by atoms with Gasteiger partial charge in [0.15, 0.2) is 6.10 Å². The van der Waals surface area contributed by atoms with Gasteiger partial charge in [-0.05, 0) is 77.0 Å². The minimum absolute atomic E-state index is 0.0747. The lowest BCUT2D eigenvalue weighted by Gasteiger charge is -2.41. The molecule has 0 aliphatic heterocycles. The Labute approximate surface area is 341 Å². The van der Waals surface area contributed by atoms with Crippen LogP contribution in [0, 0.1) is 0 Å². The number of hydrogen-bond donors (Lipinski definition) is 6. The lowest BCUT2D eigenvalue weighted by molar-refractivity contribution is -0.220. The standard InChI is InChI=1S/C43H73O13P/c1-3-5-7-9-11-13-15-17-18-20-21-23-25-27-29-31-36(44)53-33-35(34-54-57(51,52)56-43-41(49)39(47)38(46)40(48)42(43)50)55-37(45)32-30-28-26-24-22-19-16-14-12-10-8-6-4-2/h5,7,11,13-14,16-18,21,23,35,38-43,46-50H,3-4,6,8-10,12,15,19-20,22,24-34H2,1-2H3,(H,51,52)/b7-5+,13-11+,16-14+,18-17+,23-21+/t35-,38?,39-,40?,41?,42?,43?/m0/s1. The summed E-state index contributed by atoms with van der Waals surface area (Å²) in [4.78, 5) is 35.5. The number of rotatable bonds is 33. The average Bonchev–Trinajstić information content (AvgIpc) is 3.19. The van der Waals surface area contributed by atoms with Crippen molar-refractivity contribution in [1.29, 1.82) is 0 Å². The van der Waals surface area contributed by atoms with E-state index < -0.39 is 75.7 Å². The molecule has 1 rings (SSSR count). The summed E-state index contributed by atoms with van der Waals surface area (Å²) in [5.41, 5.74) is 0. The van der Waals surface area contributed by atoms with E-state index in [1.807, 2.05) is 0 Å². The molecule has 328 valence electrons. The van der Waals surface area contributed by atoms with E-state index in [1.165, 1.54) is 25.7 Å². The van der Waals surface area contributed by atoms with Crippen LogP contribution in [0.4, 0.5) is 0 Å². The first kappa shape index (κ1) is 52.6. The van der Waals surface area contributed by atoms with E-state index in [4.69, 9.17) is 18.5 Å². The number of hydrogen-bond acceptors (Lipinski definition) is 12. The number of esters is 2. The summed E-state index contributed by atoms with van der Waals surface area (Å²) in [5.74, 6) is -1.17. The molecule has 0 amide bonds. The second-order valence-electron chi connectivity index (χ2n) is 14.5. The summed E-state index contributed by atoms with van der Waals surface area (Å²) >= 11 is 0. The Bertz CT molecular complexity index is 1230. The Morgan fingerprint density at radius 2 is 1.00 bits per heavy atom. The van der Waals surface area contributed by atoms with Crippen LogP contribution in [0.1, 0.15) is 142 Å². The van der Waals surface area contributed by atoms with E-state index in [1.54, 1.807) is 0 Å². The van der Waals surface area contributed by atoms with E-state index in [0.717, 1.165) is 77.0 Å². The molecule has 57 heavy (non-hydrogen) atoms. The lowest BCUT2D eigenvalue weighted by atomic mass is 9.85. The maximum absolute atomic E-state index is 12.8. The van der Waals surface area contributed by atoms with Crippen molar-refractivity contribution >= 4 is 19.8 Å². The highest BCUT2D eigenvalue weighted by Gasteiger charge is 2.51. The third-order valence-electron chi connectivity index (χ3n) is 9.34. The number of carbonyl (C=O) groups is 2. The third-order valence-corrected chi connectivity index (χ3v) is 10.3. The Morgan fingerprint density at radius 1 is 0.561 bits per heavy atom. The first-order valence-corrected chi connectivity index (χ1v) is 22.6. The largest absolute Gasteiger partial charge is 0.472 e. The molecule has 14 heteroatoms. The van der Waals surface area contributed by atoms with Crippen molar-refractivity contribution in [2.24, 2.45) is 0 Å². The van der Waals surface area contributed by atoms with Crippen LogP contribution in [0.3, 0.4) is 0 Å². The molecule has 0 aromatic heterocycles. The van der Waals surface area contributed by atoms with Crippen LogP contribution in [0.15, 0.2) is 60.8 Å². The van der Waals surface area contributed by atoms with Gasteiger partial charge in [0, 0.05) is 12.8 Å². The Morgan fingerprint density at radius 3 is 1.58 bits per heavy atom. The van der Waals surface area contributed by atoms with Crippen molar-refractivity contribution in [3.63, 3.8) is 0 Å². The number of aliphatic hydroxyl groups is 5. The van der Waals surface area contributed by atoms with E-state index in [0.29, 0.717) is 12.8 Å². The molecule has 1 aliphatic carbocycles. The Hall–Kier alpha value is -2.45. The molecule has 1 saturated carbocycles. The van der Waals surface area contributed by atoms with Gasteiger partial charge in [0.2, 0.25) is 0 Å². The molecule has 0 aromatic carbocycles. The second kappa shape index (κ2) is 33.4. The fourth-order valence-corrected chi connectivity index (χ4v) is 6.89. The van der Waals surface area contributed by atoms with Gasteiger partial charge in [0.25, 0.3) is 0 Å². The summed E-state index contributed by atoms with van der Waals surface area (Å²) in [7, 11) is -5.13. The number of carbonyl (C=O) groups excluding carboxylic acids is 2. The molecular weight excluding hydrogens is 755 g/mol. The molecule has 8 atom stereocenters. The summed E-state index contributed by atoms with van der Waals surface area (Å²) < 4.78 is 33.4. The second-order valence-corrected chi connectivity index (χ2v) is 15.9. The highest BCUT2D eigenvalue weighted by Crippen LogP contribution is 2.47. The van der Waals surface area contributed by atoms with Crippen molar-refractivity contribution in [2.75, 3.05) is 13.2 Å². The van der Waals surface area contributed by atoms with Gasteiger partial charge in [-0.1, -0.05) is 113 Å². The molecule has 0 heterocycles. The summed E-state index contributed by atoms with van der Waals surface area (Å²) in [6.45, 7) is 3.09. The number of phosphoric acid groups is 1. The molecule has 1 fully saturated rings. The zero-order valence-electron chi connectivity index (χ0n) is 34.4. The third kappa shape index (κ3) is 26.3. The molecule has 6 unspecified atom stereocenters. The minimum Gasteiger partial charge on any atom is -0.462 e. The van der Waals surface area contributed by atoms with Gasteiger partial charge >= 0.3 is 19.8 Å². The zero-order valence-corrected chi connectivity index (χ0v) is 35.3. The lowest BCUT2D eigenvalue weighted by Crippen LogP contribution is -2.64. The van der Waals surface area contributed by atoms with Crippen LogP contribution < -0.4 is 0 Å². The van der Waals surface area contributed by atoms with Gasteiger partial charge in [-0.2, -0.15) is 0 Å². The Balaban J connectivity index is 2.55. The van der Waals surface area contributed by atoms with Crippen LogP contribution in [0.2, 0.25) is 0 Å². The van der Waals surface area contributed by atoms with Crippen LogP contribution >= 0.6 is 7.82 Å². The Kier molecular flexibility index (Phi) is 30.8. The van der Waals surface area contributed by atoms with Gasteiger partial charge in [0.05, 0.1) is 6.61 Å². The average molecular weight is 829 g/mol. The van der Waals surface area contributed by atoms with Gasteiger partial charge in [0.1, 0.15) is 43.2 Å². The molecule has 13 nitrogen and oxygen atoms in total. The topological polar surface area (TPSA) is 210 Å². The van der Waals surface area contributed by atoms with Crippen molar-refractivity contribution in [3.05, 3.63) is 60.8 Å². The maximum Gasteiger partial charge on any atom is 0.472 e. The van der Waals surface area contributed by atoms with Crippen LogP contribution in [0.25, 0.3) is 0 Å². The normalized spacial score (nSPS) is 23.3. The molecule has 0 saturated heterocycles. The van der Waals surface area contributed by atoms with Crippen molar-refractivity contribution in [2.45, 2.75) is 185 Å². The number of allylic oxidation sites excluding steroid dienone is 10. The summed E-state index contributed by atoms with van der Waals surface area (Å²) in [5, 5.41) is 50.0.